The number of benzene rings is 1. The largest absolute Gasteiger partial charge is 0.490 e. The first-order chi connectivity index (χ1) is 9.76. The van der Waals surface area contributed by atoms with E-state index >= 15 is 0 Å². The van der Waals surface area contributed by atoms with Crippen molar-refractivity contribution in [1.82, 2.24) is 0 Å². The number of rotatable bonds is 6. The van der Waals surface area contributed by atoms with E-state index in [-0.39, 0.29) is 6.61 Å². The third-order valence-electron chi connectivity index (χ3n) is 4.10. The van der Waals surface area contributed by atoms with Crippen LogP contribution in [-0.4, -0.2) is 17.8 Å². The molecule has 1 aliphatic rings. The molecule has 112 valence electrons. The minimum atomic E-state index is 0.0295. The molecule has 0 aromatic heterocycles. The summed E-state index contributed by atoms with van der Waals surface area (Å²) >= 11 is 0. The highest BCUT2D eigenvalue weighted by atomic mass is 16.5. The Labute approximate surface area is 121 Å². The van der Waals surface area contributed by atoms with Gasteiger partial charge in [-0.15, -0.1) is 0 Å². The van der Waals surface area contributed by atoms with E-state index in [0.29, 0.717) is 12.7 Å². The summed E-state index contributed by atoms with van der Waals surface area (Å²) in [4.78, 5) is 0. The molecule has 0 radical (unpaired) electrons. The van der Waals surface area contributed by atoms with Gasteiger partial charge in [-0.2, -0.15) is 0 Å². The second-order valence-electron chi connectivity index (χ2n) is 5.55. The summed E-state index contributed by atoms with van der Waals surface area (Å²) in [5, 5.41) is 9.21. The van der Waals surface area contributed by atoms with Gasteiger partial charge in [0.2, 0.25) is 0 Å². The highest BCUT2D eigenvalue weighted by Crippen LogP contribution is 2.34. The smallest absolute Gasteiger partial charge is 0.161 e. The van der Waals surface area contributed by atoms with Crippen LogP contribution in [0.4, 0.5) is 0 Å². The molecule has 2 atom stereocenters. The fourth-order valence-corrected chi connectivity index (χ4v) is 2.92. The number of hydrogen-bond donors (Lipinski definition) is 1. The Morgan fingerprint density at radius 1 is 1.20 bits per heavy atom. The SMILES string of the molecule is CCOc1cc(CO)ccc1OC1CCCC(CC)C1. The van der Waals surface area contributed by atoms with Gasteiger partial charge in [0.15, 0.2) is 11.5 Å². The number of aliphatic hydroxyl groups excluding tert-OH is 1. The van der Waals surface area contributed by atoms with Crippen molar-refractivity contribution < 1.29 is 14.6 Å². The van der Waals surface area contributed by atoms with Crippen LogP contribution in [0.1, 0.15) is 51.5 Å². The Balaban J connectivity index is 2.07. The van der Waals surface area contributed by atoms with E-state index in [1.807, 2.05) is 25.1 Å². The summed E-state index contributed by atoms with van der Waals surface area (Å²) in [6, 6.07) is 5.70. The molecule has 3 nitrogen and oxygen atoms in total. The van der Waals surface area contributed by atoms with Crippen molar-refractivity contribution in [3.63, 3.8) is 0 Å². The average molecular weight is 278 g/mol. The van der Waals surface area contributed by atoms with Crippen LogP contribution in [0, 0.1) is 5.92 Å². The van der Waals surface area contributed by atoms with Crippen LogP contribution in [-0.2, 0) is 6.61 Å². The van der Waals surface area contributed by atoms with E-state index in [1.54, 1.807) is 0 Å². The number of aliphatic hydroxyl groups is 1. The monoisotopic (exact) mass is 278 g/mol. The molecule has 1 saturated carbocycles. The van der Waals surface area contributed by atoms with Crippen LogP contribution < -0.4 is 9.47 Å². The van der Waals surface area contributed by atoms with Crippen LogP contribution in [0.5, 0.6) is 11.5 Å². The van der Waals surface area contributed by atoms with Crippen molar-refractivity contribution in [3.8, 4) is 11.5 Å². The minimum Gasteiger partial charge on any atom is -0.490 e. The second kappa shape index (κ2) is 7.53. The first kappa shape index (κ1) is 15.2. The van der Waals surface area contributed by atoms with Gasteiger partial charge in [-0.25, -0.2) is 0 Å². The van der Waals surface area contributed by atoms with Crippen molar-refractivity contribution in [3.05, 3.63) is 23.8 Å². The van der Waals surface area contributed by atoms with Gasteiger partial charge in [0.05, 0.1) is 19.3 Å². The van der Waals surface area contributed by atoms with E-state index in [0.717, 1.165) is 35.8 Å². The normalized spacial score (nSPS) is 22.6. The van der Waals surface area contributed by atoms with Crippen LogP contribution >= 0.6 is 0 Å². The van der Waals surface area contributed by atoms with E-state index in [9.17, 15) is 5.11 Å². The van der Waals surface area contributed by atoms with Crippen molar-refractivity contribution in [2.24, 2.45) is 5.92 Å². The molecule has 0 aliphatic heterocycles. The fraction of sp³-hybridized carbons (Fsp3) is 0.647. The van der Waals surface area contributed by atoms with E-state index in [2.05, 4.69) is 6.92 Å². The van der Waals surface area contributed by atoms with Crippen molar-refractivity contribution >= 4 is 0 Å². The maximum atomic E-state index is 9.21. The summed E-state index contributed by atoms with van der Waals surface area (Å²) in [5.74, 6) is 2.35. The zero-order valence-electron chi connectivity index (χ0n) is 12.6. The number of hydrogen-bond acceptors (Lipinski definition) is 3. The topological polar surface area (TPSA) is 38.7 Å². The molecule has 0 spiro atoms. The molecule has 1 N–H and O–H groups in total. The molecule has 1 aromatic rings. The van der Waals surface area contributed by atoms with Gasteiger partial charge in [0.25, 0.3) is 0 Å². The molecule has 1 fully saturated rings. The zero-order chi connectivity index (χ0) is 14.4. The van der Waals surface area contributed by atoms with Crippen molar-refractivity contribution in [1.29, 1.82) is 0 Å². The highest BCUT2D eigenvalue weighted by molar-refractivity contribution is 5.43. The second-order valence-corrected chi connectivity index (χ2v) is 5.55. The third kappa shape index (κ3) is 3.89. The minimum absolute atomic E-state index is 0.0295. The molecular weight excluding hydrogens is 252 g/mol. The quantitative estimate of drug-likeness (QED) is 0.857. The Morgan fingerprint density at radius 3 is 2.75 bits per heavy atom. The third-order valence-corrected chi connectivity index (χ3v) is 4.10. The Hall–Kier alpha value is -1.22. The first-order valence-electron chi connectivity index (χ1n) is 7.80. The molecule has 2 rings (SSSR count). The van der Waals surface area contributed by atoms with Gasteiger partial charge >= 0.3 is 0 Å². The van der Waals surface area contributed by atoms with Crippen molar-refractivity contribution in [2.75, 3.05) is 6.61 Å². The summed E-state index contributed by atoms with van der Waals surface area (Å²) in [5.41, 5.74) is 0.857. The Kier molecular flexibility index (Phi) is 5.72. The van der Waals surface area contributed by atoms with E-state index < -0.39 is 0 Å². The summed E-state index contributed by atoms with van der Waals surface area (Å²) < 4.78 is 11.8. The molecule has 0 bridgehead atoms. The molecule has 1 aliphatic carbocycles. The molecule has 2 unspecified atom stereocenters. The van der Waals surface area contributed by atoms with Gasteiger partial charge < -0.3 is 14.6 Å². The summed E-state index contributed by atoms with van der Waals surface area (Å²) in [7, 11) is 0. The molecule has 20 heavy (non-hydrogen) atoms. The van der Waals surface area contributed by atoms with Gasteiger partial charge in [-0.1, -0.05) is 25.8 Å². The van der Waals surface area contributed by atoms with E-state index in [4.69, 9.17) is 9.47 Å². The lowest BCUT2D eigenvalue weighted by Crippen LogP contribution is -2.25. The lowest BCUT2D eigenvalue weighted by atomic mass is 9.85. The lowest BCUT2D eigenvalue weighted by Gasteiger charge is -2.29. The molecule has 3 heteroatoms. The van der Waals surface area contributed by atoms with Crippen LogP contribution in [0.2, 0.25) is 0 Å². The highest BCUT2D eigenvalue weighted by Gasteiger charge is 2.23. The van der Waals surface area contributed by atoms with Crippen molar-refractivity contribution in [2.45, 2.75) is 58.7 Å². The van der Waals surface area contributed by atoms with Gasteiger partial charge in [0.1, 0.15) is 0 Å². The molecule has 0 amide bonds. The predicted molar refractivity (Wildman–Crippen MR) is 80.2 cm³/mol. The molecule has 1 aromatic carbocycles. The summed E-state index contributed by atoms with van der Waals surface area (Å²) in [6.45, 7) is 4.85. The molecule has 0 saturated heterocycles. The molecular formula is C17H26O3. The van der Waals surface area contributed by atoms with Crippen LogP contribution in [0.3, 0.4) is 0 Å². The van der Waals surface area contributed by atoms with Gasteiger partial charge in [-0.05, 0) is 49.8 Å². The summed E-state index contributed by atoms with van der Waals surface area (Å²) in [6.07, 6.45) is 6.39. The van der Waals surface area contributed by atoms with E-state index in [1.165, 1.54) is 19.3 Å². The molecule has 0 heterocycles. The average Bonchev–Trinajstić information content (AvgIpc) is 2.49. The fourth-order valence-electron chi connectivity index (χ4n) is 2.92. The first-order valence-corrected chi connectivity index (χ1v) is 7.80. The maximum Gasteiger partial charge on any atom is 0.161 e. The predicted octanol–water partition coefficient (Wildman–Crippen LogP) is 3.93. The maximum absolute atomic E-state index is 9.21. The number of ether oxygens (including phenoxy) is 2. The Morgan fingerprint density at radius 2 is 2.05 bits per heavy atom. The van der Waals surface area contributed by atoms with Crippen LogP contribution in [0.25, 0.3) is 0 Å². The van der Waals surface area contributed by atoms with Crippen LogP contribution in [0.15, 0.2) is 18.2 Å². The Bertz CT molecular complexity index is 417. The van der Waals surface area contributed by atoms with Gasteiger partial charge in [-0.3, -0.25) is 0 Å². The van der Waals surface area contributed by atoms with Gasteiger partial charge in [0, 0.05) is 0 Å². The lowest BCUT2D eigenvalue weighted by molar-refractivity contribution is 0.117. The zero-order valence-corrected chi connectivity index (χ0v) is 12.6. The standard InChI is InChI=1S/C17H26O3/c1-3-13-6-5-7-15(10-13)20-16-9-8-14(12-18)11-17(16)19-4-2/h8-9,11,13,15,18H,3-7,10,12H2,1-2H3.